The van der Waals surface area contributed by atoms with Gasteiger partial charge in [-0.15, -0.1) is 13.2 Å². The quantitative estimate of drug-likeness (QED) is 0.163. The Labute approximate surface area is 153 Å². The summed E-state index contributed by atoms with van der Waals surface area (Å²) in [4.78, 5) is 0. The van der Waals surface area contributed by atoms with Gasteiger partial charge in [0.25, 0.3) is 0 Å². The molecule has 140 valence electrons. The van der Waals surface area contributed by atoms with E-state index < -0.39 is 0 Å². The van der Waals surface area contributed by atoms with Gasteiger partial charge in [-0.2, -0.15) is 0 Å². The summed E-state index contributed by atoms with van der Waals surface area (Å²) >= 11 is 0. The molecule has 0 bridgehead atoms. The van der Waals surface area contributed by atoms with Crippen LogP contribution in [0.3, 0.4) is 0 Å². The molecule has 0 aliphatic rings. The lowest BCUT2D eigenvalue weighted by Crippen LogP contribution is -1.89. The molecular formula is C24H44. The highest BCUT2D eigenvalue weighted by Crippen LogP contribution is 2.19. The molecule has 0 amide bonds. The van der Waals surface area contributed by atoms with Crippen molar-refractivity contribution in [1.82, 2.24) is 0 Å². The van der Waals surface area contributed by atoms with Crippen LogP contribution in [-0.4, -0.2) is 0 Å². The first-order valence-electron chi connectivity index (χ1n) is 10.7. The summed E-state index contributed by atoms with van der Waals surface area (Å²) in [6.07, 6.45) is 29.5. The van der Waals surface area contributed by atoms with Crippen molar-refractivity contribution in [2.45, 2.75) is 116 Å². The number of hydrogen-bond acceptors (Lipinski definition) is 0. The van der Waals surface area contributed by atoms with E-state index in [2.05, 4.69) is 26.2 Å². The molecule has 0 unspecified atom stereocenters. The average molecular weight is 333 g/mol. The van der Waals surface area contributed by atoms with Gasteiger partial charge in [0, 0.05) is 0 Å². The molecule has 0 rings (SSSR count). The zero-order chi connectivity index (χ0) is 17.7. The van der Waals surface area contributed by atoms with E-state index in [9.17, 15) is 0 Å². The summed E-state index contributed by atoms with van der Waals surface area (Å²) in [5.74, 6) is 0. The van der Waals surface area contributed by atoms with Gasteiger partial charge in [0.15, 0.2) is 0 Å². The van der Waals surface area contributed by atoms with Crippen LogP contribution < -0.4 is 0 Å². The molecule has 0 aromatic carbocycles. The summed E-state index contributed by atoms with van der Waals surface area (Å²) in [6, 6.07) is 0. The van der Waals surface area contributed by atoms with Crippen LogP contribution in [0, 0.1) is 0 Å². The van der Waals surface area contributed by atoms with Crippen molar-refractivity contribution in [3.63, 3.8) is 0 Å². The van der Waals surface area contributed by atoms with E-state index in [0.717, 1.165) is 0 Å². The first-order chi connectivity index (χ1) is 11.8. The van der Waals surface area contributed by atoms with Crippen LogP contribution in [0.4, 0.5) is 0 Å². The maximum Gasteiger partial charge on any atom is -0.0320 e. The Balaban J connectivity index is 3.77. The predicted octanol–water partition coefficient (Wildman–Crippen LogP) is 8.94. The van der Waals surface area contributed by atoms with Crippen molar-refractivity contribution >= 4 is 0 Å². The minimum Gasteiger partial charge on any atom is -0.103 e. The number of allylic oxidation sites excluding steroid dienone is 4. The lowest BCUT2D eigenvalue weighted by Gasteiger charge is -2.08. The van der Waals surface area contributed by atoms with Gasteiger partial charge < -0.3 is 0 Å². The maximum absolute atomic E-state index is 3.80. The third-order valence-corrected chi connectivity index (χ3v) is 4.80. The fraction of sp³-hybridized carbons (Fsp3) is 0.750. The SMILES string of the molecule is C=CCCCCCCCCC(=CCCCC)CCCCCCC=C. The van der Waals surface area contributed by atoms with Crippen molar-refractivity contribution in [2.24, 2.45) is 0 Å². The lowest BCUT2D eigenvalue weighted by atomic mass is 9.98. The Morgan fingerprint density at radius 1 is 0.583 bits per heavy atom. The van der Waals surface area contributed by atoms with Gasteiger partial charge in [-0.05, 0) is 57.8 Å². The van der Waals surface area contributed by atoms with E-state index in [1.54, 1.807) is 5.57 Å². The molecule has 0 aliphatic heterocycles. The molecule has 0 heterocycles. The summed E-state index contributed by atoms with van der Waals surface area (Å²) in [6.45, 7) is 9.89. The van der Waals surface area contributed by atoms with Gasteiger partial charge in [0.1, 0.15) is 0 Å². The topological polar surface area (TPSA) is 0 Å². The van der Waals surface area contributed by atoms with Crippen molar-refractivity contribution < 1.29 is 0 Å². The highest BCUT2D eigenvalue weighted by atomic mass is 14.1. The number of unbranched alkanes of at least 4 members (excludes halogenated alkanes) is 12. The van der Waals surface area contributed by atoms with E-state index in [1.807, 2.05) is 12.2 Å². The van der Waals surface area contributed by atoms with Gasteiger partial charge in [-0.25, -0.2) is 0 Å². The average Bonchev–Trinajstić information content (AvgIpc) is 2.59. The molecule has 0 nitrogen and oxygen atoms in total. The smallest absolute Gasteiger partial charge is 0.0320 e. The molecule has 0 radical (unpaired) electrons. The van der Waals surface area contributed by atoms with Crippen LogP contribution in [0.15, 0.2) is 37.0 Å². The summed E-state index contributed by atoms with van der Waals surface area (Å²) in [5, 5.41) is 0. The third kappa shape index (κ3) is 17.6. The van der Waals surface area contributed by atoms with E-state index in [1.165, 1.54) is 109 Å². The molecule has 0 spiro atoms. The van der Waals surface area contributed by atoms with Crippen LogP contribution in [0.5, 0.6) is 0 Å². The molecule has 0 saturated heterocycles. The van der Waals surface area contributed by atoms with Crippen molar-refractivity contribution in [3.05, 3.63) is 37.0 Å². The van der Waals surface area contributed by atoms with Crippen molar-refractivity contribution in [2.75, 3.05) is 0 Å². The van der Waals surface area contributed by atoms with Crippen LogP contribution >= 0.6 is 0 Å². The van der Waals surface area contributed by atoms with Crippen LogP contribution in [-0.2, 0) is 0 Å². The predicted molar refractivity (Wildman–Crippen MR) is 113 cm³/mol. The molecule has 24 heavy (non-hydrogen) atoms. The normalized spacial score (nSPS) is 11.6. The van der Waals surface area contributed by atoms with Gasteiger partial charge in [0.2, 0.25) is 0 Å². The van der Waals surface area contributed by atoms with Crippen LogP contribution in [0.25, 0.3) is 0 Å². The molecular weight excluding hydrogens is 288 g/mol. The number of hydrogen-bond donors (Lipinski definition) is 0. The molecule has 0 saturated carbocycles. The fourth-order valence-electron chi connectivity index (χ4n) is 3.18. The van der Waals surface area contributed by atoms with Gasteiger partial charge in [0.05, 0.1) is 0 Å². The van der Waals surface area contributed by atoms with Gasteiger partial charge in [-0.1, -0.05) is 82.1 Å². The van der Waals surface area contributed by atoms with Crippen LogP contribution in [0.1, 0.15) is 116 Å². The zero-order valence-electron chi connectivity index (χ0n) is 16.7. The Morgan fingerprint density at radius 2 is 1.04 bits per heavy atom. The largest absolute Gasteiger partial charge is 0.103 e. The minimum absolute atomic E-state index is 1.19. The zero-order valence-corrected chi connectivity index (χ0v) is 16.7. The summed E-state index contributed by atoms with van der Waals surface area (Å²) < 4.78 is 0. The van der Waals surface area contributed by atoms with Crippen molar-refractivity contribution in [1.29, 1.82) is 0 Å². The van der Waals surface area contributed by atoms with Gasteiger partial charge >= 0.3 is 0 Å². The number of rotatable bonds is 19. The maximum atomic E-state index is 3.80. The monoisotopic (exact) mass is 332 g/mol. The summed E-state index contributed by atoms with van der Waals surface area (Å²) in [5.41, 5.74) is 1.75. The Bertz CT molecular complexity index is 297. The highest BCUT2D eigenvalue weighted by molar-refractivity contribution is 5.01. The van der Waals surface area contributed by atoms with Crippen LogP contribution in [0.2, 0.25) is 0 Å². The fourth-order valence-corrected chi connectivity index (χ4v) is 3.18. The second-order valence-corrected chi connectivity index (χ2v) is 7.19. The summed E-state index contributed by atoms with van der Waals surface area (Å²) in [7, 11) is 0. The standard InChI is InChI=1S/C24H44/c1-4-7-10-12-14-15-17-20-23-24(21-18-9-6-3)22-19-16-13-11-8-5-2/h4-5,21H,1-2,6-20,22-23H2,3H3. The Morgan fingerprint density at radius 3 is 1.50 bits per heavy atom. The third-order valence-electron chi connectivity index (χ3n) is 4.80. The molecule has 0 aromatic rings. The second kappa shape index (κ2) is 20.3. The Kier molecular flexibility index (Phi) is 19.6. The molecule has 0 N–H and O–H groups in total. The highest BCUT2D eigenvalue weighted by Gasteiger charge is 1.99. The van der Waals surface area contributed by atoms with E-state index in [0.29, 0.717) is 0 Å². The van der Waals surface area contributed by atoms with E-state index in [4.69, 9.17) is 0 Å². The molecule has 0 atom stereocenters. The first kappa shape index (κ1) is 23.2. The van der Waals surface area contributed by atoms with E-state index >= 15 is 0 Å². The lowest BCUT2D eigenvalue weighted by molar-refractivity contribution is 0.583. The van der Waals surface area contributed by atoms with Gasteiger partial charge in [-0.3, -0.25) is 0 Å². The molecule has 0 fully saturated rings. The van der Waals surface area contributed by atoms with E-state index in [-0.39, 0.29) is 0 Å². The second-order valence-electron chi connectivity index (χ2n) is 7.19. The minimum atomic E-state index is 1.19. The molecule has 0 heteroatoms. The Hall–Kier alpha value is -0.780. The first-order valence-corrected chi connectivity index (χ1v) is 10.7. The molecule has 0 aromatic heterocycles. The molecule has 0 aliphatic carbocycles. The van der Waals surface area contributed by atoms with Crippen molar-refractivity contribution in [3.8, 4) is 0 Å².